The summed E-state index contributed by atoms with van der Waals surface area (Å²) in [5.74, 6) is 0. The lowest BCUT2D eigenvalue weighted by Gasteiger charge is -1.89. The Morgan fingerprint density at radius 1 is 1.50 bits per heavy atom. The first kappa shape index (κ1) is 7.49. The first-order valence-electron chi connectivity index (χ1n) is 3.13. The molecule has 0 aliphatic carbocycles. The maximum atomic E-state index is 8.06. The Labute approximate surface area is 51.3 Å². The molecule has 0 heterocycles. The maximum Gasteiger partial charge on any atom is 0.0669 e. The van der Waals surface area contributed by atoms with E-state index in [1.54, 1.807) is 6.42 Å². The van der Waals surface area contributed by atoms with Crippen molar-refractivity contribution >= 4 is 0 Å². The molecular weight excluding hydrogens is 98.1 g/mol. The van der Waals surface area contributed by atoms with Crippen LogP contribution in [-0.4, -0.2) is 0 Å². The third kappa shape index (κ3) is 5.49. The molecule has 0 aliphatic rings. The Balaban J connectivity index is 2.65. The van der Waals surface area contributed by atoms with Gasteiger partial charge >= 0.3 is 0 Å². The van der Waals surface area contributed by atoms with Crippen LogP contribution in [0.5, 0.6) is 0 Å². The molecular formula is C7H12N. The Hall–Kier alpha value is -0.510. The van der Waals surface area contributed by atoms with E-state index >= 15 is 0 Å². The third-order valence-electron chi connectivity index (χ3n) is 1.04. The quantitative estimate of drug-likeness (QED) is 0.509. The van der Waals surface area contributed by atoms with Gasteiger partial charge in [-0.3, -0.25) is 0 Å². The van der Waals surface area contributed by atoms with Gasteiger partial charge in [-0.2, -0.15) is 5.26 Å². The Morgan fingerprint density at radius 2 is 2.25 bits per heavy atom. The zero-order valence-electron chi connectivity index (χ0n) is 5.35. The van der Waals surface area contributed by atoms with Gasteiger partial charge in [0.05, 0.1) is 12.5 Å². The van der Waals surface area contributed by atoms with Gasteiger partial charge in [-0.05, 0) is 6.42 Å². The number of hydrogen-bond acceptors (Lipinski definition) is 1. The Kier molecular flexibility index (Phi) is 6.08. The molecule has 8 heavy (non-hydrogen) atoms. The van der Waals surface area contributed by atoms with Crippen LogP contribution in [0.1, 0.15) is 32.6 Å². The van der Waals surface area contributed by atoms with Gasteiger partial charge in [-0.1, -0.05) is 26.2 Å². The molecule has 0 N–H and O–H groups in total. The van der Waals surface area contributed by atoms with Gasteiger partial charge in [0.15, 0.2) is 0 Å². The van der Waals surface area contributed by atoms with E-state index in [1.807, 2.05) is 6.07 Å². The Bertz CT molecular complexity index is 70.9. The zero-order valence-corrected chi connectivity index (χ0v) is 5.35. The van der Waals surface area contributed by atoms with Crippen molar-refractivity contribution in [3.8, 4) is 6.07 Å². The minimum absolute atomic E-state index is 0.963. The summed E-state index contributed by atoms with van der Waals surface area (Å²) in [6.45, 7) is 2.16. The number of rotatable bonds is 4. The Morgan fingerprint density at radius 3 is 2.75 bits per heavy atom. The topological polar surface area (TPSA) is 23.8 Å². The van der Waals surface area contributed by atoms with Crippen molar-refractivity contribution in [3.63, 3.8) is 0 Å². The molecule has 1 radical (unpaired) electrons. The molecule has 1 nitrogen and oxygen atoms in total. The van der Waals surface area contributed by atoms with Crippen molar-refractivity contribution < 1.29 is 0 Å². The van der Waals surface area contributed by atoms with Crippen LogP contribution in [0.2, 0.25) is 0 Å². The SMILES string of the molecule is CCCCC[CH]C#N. The van der Waals surface area contributed by atoms with Crippen LogP contribution >= 0.6 is 0 Å². The lowest BCUT2D eigenvalue weighted by Crippen LogP contribution is -1.73. The molecule has 0 atom stereocenters. The van der Waals surface area contributed by atoms with Gasteiger partial charge in [-0.15, -0.1) is 0 Å². The largest absolute Gasteiger partial charge is 0.198 e. The zero-order chi connectivity index (χ0) is 6.24. The second kappa shape index (κ2) is 6.49. The molecule has 0 unspecified atom stereocenters. The van der Waals surface area contributed by atoms with Crippen molar-refractivity contribution in [3.05, 3.63) is 6.42 Å². The summed E-state index contributed by atoms with van der Waals surface area (Å²) in [6.07, 6.45) is 6.28. The average Bonchev–Trinajstić information content (AvgIpc) is 1.81. The van der Waals surface area contributed by atoms with E-state index in [4.69, 9.17) is 5.26 Å². The highest BCUT2D eigenvalue weighted by atomic mass is 14.2. The molecule has 45 valence electrons. The van der Waals surface area contributed by atoms with Crippen LogP contribution in [0.15, 0.2) is 0 Å². The van der Waals surface area contributed by atoms with Crippen molar-refractivity contribution in [1.29, 1.82) is 5.26 Å². The van der Waals surface area contributed by atoms with E-state index in [1.165, 1.54) is 19.3 Å². The van der Waals surface area contributed by atoms with Gasteiger partial charge < -0.3 is 0 Å². The molecule has 0 fully saturated rings. The van der Waals surface area contributed by atoms with Crippen molar-refractivity contribution in [2.24, 2.45) is 0 Å². The van der Waals surface area contributed by atoms with Gasteiger partial charge in [-0.25, -0.2) is 0 Å². The van der Waals surface area contributed by atoms with Gasteiger partial charge in [0.2, 0.25) is 0 Å². The van der Waals surface area contributed by atoms with Crippen molar-refractivity contribution in [2.45, 2.75) is 32.6 Å². The summed E-state index contributed by atoms with van der Waals surface area (Å²) in [7, 11) is 0. The molecule has 0 amide bonds. The summed E-state index contributed by atoms with van der Waals surface area (Å²) in [4.78, 5) is 0. The fraction of sp³-hybridized carbons (Fsp3) is 0.714. The van der Waals surface area contributed by atoms with Crippen LogP contribution in [0.25, 0.3) is 0 Å². The predicted molar refractivity (Wildman–Crippen MR) is 34.1 cm³/mol. The molecule has 0 aromatic heterocycles. The first-order chi connectivity index (χ1) is 3.91. The highest BCUT2D eigenvalue weighted by Crippen LogP contribution is 1.99. The standard InChI is InChI=1S/C7H12N/c1-2-3-4-5-6-7-8/h6H,2-5H2,1H3. The highest BCUT2D eigenvalue weighted by molar-refractivity contribution is 4.90. The molecule has 0 saturated heterocycles. The van der Waals surface area contributed by atoms with Crippen molar-refractivity contribution in [2.75, 3.05) is 0 Å². The smallest absolute Gasteiger partial charge is 0.0669 e. The van der Waals surface area contributed by atoms with Crippen LogP contribution in [-0.2, 0) is 0 Å². The number of nitriles is 1. The lowest BCUT2D eigenvalue weighted by atomic mass is 10.2. The third-order valence-corrected chi connectivity index (χ3v) is 1.04. The molecule has 0 saturated carbocycles. The van der Waals surface area contributed by atoms with E-state index in [-0.39, 0.29) is 0 Å². The van der Waals surface area contributed by atoms with Gasteiger partial charge in [0, 0.05) is 0 Å². The summed E-state index contributed by atoms with van der Waals surface area (Å²) in [5.41, 5.74) is 0. The predicted octanol–water partition coefficient (Wildman–Crippen LogP) is 2.29. The molecule has 0 aromatic rings. The minimum Gasteiger partial charge on any atom is -0.198 e. The maximum absolute atomic E-state index is 8.06. The van der Waals surface area contributed by atoms with E-state index in [0.29, 0.717) is 0 Å². The summed E-state index contributed by atoms with van der Waals surface area (Å²) < 4.78 is 0. The van der Waals surface area contributed by atoms with Crippen LogP contribution in [0.3, 0.4) is 0 Å². The fourth-order valence-corrected chi connectivity index (χ4v) is 0.561. The highest BCUT2D eigenvalue weighted by Gasteiger charge is 1.83. The number of unbranched alkanes of at least 4 members (excludes halogenated alkanes) is 4. The second-order valence-electron chi connectivity index (χ2n) is 1.83. The van der Waals surface area contributed by atoms with Crippen LogP contribution < -0.4 is 0 Å². The molecule has 0 rings (SSSR count). The summed E-state index contributed by atoms with van der Waals surface area (Å²) in [6, 6.07) is 2.00. The van der Waals surface area contributed by atoms with E-state index in [9.17, 15) is 0 Å². The van der Waals surface area contributed by atoms with E-state index in [2.05, 4.69) is 6.92 Å². The molecule has 0 bridgehead atoms. The van der Waals surface area contributed by atoms with Crippen LogP contribution in [0, 0.1) is 17.8 Å². The van der Waals surface area contributed by atoms with E-state index < -0.39 is 0 Å². The first-order valence-corrected chi connectivity index (χ1v) is 3.13. The molecule has 0 spiro atoms. The summed E-state index contributed by atoms with van der Waals surface area (Å²) >= 11 is 0. The average molecular weight is 110 g/mol. The second-order valence-corrected chi connectivity index (χ2v) is 1.83. The number of hydrogen-bond donors (Lipinski definition) is 0. The fourth-order valence-electron chi connectivity index (χ4n) is 0.561. The van der Waals surface area contributed by atoms with Gasteiger partial charge in [0.1, 0.15) is 0 Å². The van der Waals surface area contributed by atoms with Gasteiger partial charge in [0.25, 0.3) is 0 Å². The molecule has 1 heteroatoms. The van der Waals surface area contributed by atoms with Crippen LogP contribution in [0.4, 0.5) is 0 Å². The molecule has 0 aromatic carbocycles. The monoisotopic (exact) mass is 110 g/mol. The van der Waals surface area contributed by atoms with E-state index in [0.717, 1.165) is 6.42 Å². The van der Waals surface area contributed by atoms with Crippen molar-refractivity contribution in [1.82, 2.24) is 0 Å². The number of nitrogens with zero attached hydrogens (tertiary/aromatic N) is 1. The normalized spacial score (nSPS) is 8.50. The minimum atomic E-state index is 0.963. The molecule has 0 aliphatic heterocycles. The summed E-state index contributed by atoms with van der Waals surface area (Å²) in [5, 5.41) is 8.06. The lowest BCUT2D eigenvalue weighted by molar-refractivity contribution is 0.718.